The molecule has 0 atom stereocenters. The van der Waals surface area contributed by atoms with Gasteiger partial charge < -0.3 is 9.73 Å². The van der Waals surface area contributed by atoms with E-state index in [-0.39, 0.29) is 22.7 Å². The lowest BCUT2D eigenvalue weighted by atomic mass is 10.1. The standard InChI is InChI=1S/C14H13ClFNO2/c1-9-8-11(16)3-2-10(9)6-7-17-14(18)12-4-5-13(15)19-12/h2-5,8H,6-7H2,1H3,(H,17,18). The van der Waals surface area contributed by atoms with Crippen LogP contribution in [0.3, 0.4) is 0 Å². The van der Waals surface area contributed by atoms with Crippen LogP contribution in [0.2, 0.25) is 5.22 Å². The third-order valence-electron chi connectivity index (χ3n) is 2.78. The fourth-order valence-corrected chi connectivity index (χ4v) is 1.92. The molecule has 3 nitrogen and oxygen atoms in total. The number of furan rings is 1. The number of nitrogens with one attached hydrogen (secondary N) is 1. The Morgan fingerprint density at radius 3 is 2.79 bits per heavy atom. The molecule has 1 aromatic carbocycles. The minimum absolute atomic E-state index is 0.180. The van der Waals surface area contributed by atoms with Crippen molar-refractivity contribution in [3.63, 3.8) is 0 Å². The van der Waals surface area contributed by atoms with Crippen molar-refractivity contribution in [3.8, 4) is 0 Å². The lowest BCUT2D eigenvalue weighted by Gasteiger charge is -2.06. The van der Waals surface area contributed by atoms with Crippen molar-refractivity contribution in [1.29, 1.82) is 0 Å². The van der Waals surface area contributed by atoms with Crippen molar-refractivity contribution in [2.75, 3.05) is 6.54 Å². The van der Waals surface area contributed by atoms with Gasteiger partial charge in [0.05, 0.1) is 0 Å². The van der Waals surface area contributed by atoms with E-state index in [4.69, 9.17) is 16.0 Å². The first-order valence-electron chi connectivity index (χ1n) is 5.85. The summed E-state index contributed by atoms with van der Waals surface area (Å²) in [5.41, 5.74) is 1.87. The highest BCUT2D eigenvalue weighted by Gasteiger charge is 2.09. The maximum Gasteiger partial charge on any atom is 0.287 e. The van der Waals surface area contributed by atoms with Crippen molar-refractivity contribution in [1.82, 2.24) is 5.32 Å². The monoisotopic (exact) mass is 281 g/mol. The zero-order valence-electron chi connectivity index (χ0n) is 10.4. The minimum atomic E-state index is -0.313. The Morgan fingerprint density at radius 1 is 1.37 bits per heavy atom. The first-order chi connectivity index (χ1) is 9.06. The summed E-state index contributed by atoms with van der Waals surface area (Å²) in [6, 6.07) is 7.64. The van der Waals surface area contributed by atoms with E-state index in [0.29, 0.717) is 13.0 Å². The first kappa shape index (κ1) is 13.6. The van der Waals surface area contributed by atoms with Gasteiger partial charge in [0.25, 0.3) is 5.91 Å². The summed E-state index contributed by atoms with van der Waals surface area (Å²) >= 11 is 5.59. The second kappa shape index (κ2) is 5.89. The largest absolute Gasteiger partial charge is 0.440 e. The molecule has 1 amide bonds. The van der Waals surface area contributed by atoms with Gasteiger partial charge in [-0.05, 0) is 60.3 Å². The molecule has 0 unspecified atom stereocenters. The number of carbonyl (C=O) groups excluding carboxylic acids is 1. The average molecular weight is 282 g/mol. The number of hydrogen-bond donors (Lipinski definition) is 1. The molecule has 0 radical (unpaired) electrons. The molecule has 0 aliphatic rings. The van der Waals surface area contributed by atoms with E-state index in [0.717, 1.165) is 11.1 Å². The summed E-state index contributed by atoms with van der Waals surface area (Å²) in [6.07, 6.45) is 0.631. The topological polar surface area (TPSA) is 42.2 Å². The maximum atomic E-state index is 12.9. The third-order valence-corrected chi connectivity index (χ3v) is 2.98. The number of rotatable bonds is 4. The molecule has 2 aromatic rings. The van der Waals surface area contributed by atoms with Crippen molar-refractivity contribution in [2.45, 2.75) is 13.3 Å². The Hall–Kier alpha value is -1.81. The summed E-state index contributed by atoms with van der Waals surface area (Å²) in [6.45, 7) is 2.29. The van der Waals surface area contributed by atoms with Crippen LogP contribution in [0.4, 0.5) is 4.39 Å². The predicted molar refractivity (Wildman–Crippen MR) is 70.9 cm³/mol. The van der Waals surface area contributed by atoms with Gasteiger partial charge in [-0.15, -0.1) is 0 Å². The van der Waals surface area contributed by atoms with Gasteiger partial charge >= 0.3 is 0 Å². The molecule has 1 heterocycles. The van der Waals surface area contributed by atoms with E-state index in [1.807, 2.05) is 6.92 Å². The Balaban J connectivity index is 1.88. The second-order valence-corrected chi connectivity index (χ2v) is 4.55. The summed E-state index contributed by atoms with van der Waals surface area (Å²) in [7, 11) is 0. The Bertz CT molecular complexity index is 595. The SMILES string of the molecule is Cc1cc(F)ccc1CCNC(=O)c1ccc(Cl)o1. The van der Waals surface area contributed by atoms with Crippen LogP contribution in [0.15, 0.2) is 34.7 Å². The van der Waals surface area contributed by atoms with Crippen LogP contribution < -0.4 is 5.32 Å². The van der Waals surface area contributed by atoms with Crippen LogP contribution in [0.5, 0.6) is 0 Å². The predicted octanol–water partition coefficient (Wildman–Crippen LogP) is 3.35. The van der Waals surface area contributed by atoms with Crippen LogP contribution in [0, 0.1) is 12.7 Å². The maximum absolute atomic E-state index is 12.9. The van der Waals surface area contributed by atoms with Crippen molar-refractivity contribution in [3.05, 3.63) is 58.3 Å². The molecule has 0 saturated carbocycles. The summed E-state index contributed by atoms with van der Waals surface area (Å²) in [5.74, 6) is -0.386. The average Bonchev–Trinajstić information content (AvgIpc) is 2.78. The molecular weight excluding hydrogens is 269 g/mol. The molecule has 0 saturated heterocycles. The molecule has 19 heavy (non-hydrogen) atoms. The van der Waals surface area contributed by atoms with Gasteiger partial charge in [-0.1, -0.05) is 6.07 Å². The second-order valence-electron chi connectivity index (χ2n) is 4.18. The molecular formula is C14H13ClFNO2. The van der Waals surface area contributed by atoms with Gasteiger partial charge in [0.1, 0.15) is 5.82 Å². The van der Waals surface area contributed by atoms with Gasteiger partial charge in [-0.2, -0.15) is 0 Å². The van der Waals surface area contributed by atoms with Gasteiger partial charge in [0.2, 0.25) is 0 Å². The highest BCUT2D eigenvalue weighted by atomic mass is 35.5. The zero-order chi connectivity index (χ0) is 13.8. The van der Waals surface area contributed by atoms with E-state index in [9.17, 15) is 9.18 Å². The number of carbonyl (C=O) groups is 1. The van der Waals surface area contributed by atoms with Crippen LogP contribution in [-0.4, -0.2) is 12.5 Å². The fraction of sp³-hybridized carbons (Fsp3) is 0.214. The van der Waals surface area contributed by atoms with Crippen molar-refractivity contribution in [2.24, 2.45) is 0 Å². The third kappa shape index (κ3) is 3.58. The Kier molecular flexibility index (Phi) is 4.22. The Labute approximate surface area is 115 Å². The Morgan fingerprint density at radius 2 is 2.16 bits per heavy atom. The molecule has 0 aliphatic heterocycles. The van der Waals surface area contributed by atoms with E-state index in [1.54, 1.807) is 6.07 Å². The molecule has 5 heteroatoms. The molecule has 0 spiro atoms. The summed E-state index contributed by atoms with van der Waals surface area (Å²) in [5, 5.41) is 2.90. The van der Waals surface area contributed by atoms with Crippen LogP contribution in [-0.2, 0) is 6.42 Å². The number of amides is 1. The molecule has 2 rings (SSSR count). The van der Waals surface area contributed by atoms with E-state index >= 15 is 0 Å². The van der Waals surface area contributed by atoms with Crippen molar-refractivity contribution >= 4 is 17.5 Å². The van der Waals surface area contributed by atoms with Gasteiger partial charge in [0.15, 0.2) is 11.0 Å². The van der Waals surface area contributed by atoms with Gasteiger partial charge in [0, 0.05) is 6.54 Å². The molecule has 1 aromatic heterocycles. The lowest BCUT2D eigenvalue weighted by molar-refractivity contribution is 0.0926. The summed E-state index contributed by atoms with van der Waals surface area (Å²) in [4.78, 5) is 11.7. The van der Waals surface area contributed by atoms with Crippen LogP contribution >= 0.6 is 11.6 Å². The molecule has 0 bridgehead atoms. The highest BCUT2D eigenvalue weighted by Crippen LogP contribution is 2.13. The zero-order valence-corrected chi connectivity index (χ0v) is 11.1. The number of halogens is 2. The lowest BCUT2D eigenvalue weighted by Crippen LogP contribution is -2.25. The van der Waals surface area contributed by atoms with E-state index < -0.39 is 0 Å². The van der Waals surface area contributed by atoms with Crippen LogP contribution in [0.1, 0.15) is 21.7 Å². The van der Waals surface area contributed by atoms with Crippen LogP contribution in [0.25, 0.3) is 0 Å². The van der Waals surface area contributed by atoms with Gasteiger partial charge in [-0.3, -0.25) is 4.79 Å². The smallest absolute Gasteiger partial charge is 0.287 e. The molecule has 100 valence electrons. The molecule has 1 N–H and O–H groups in total. The minimum Gasteiger partial charge on any atom is -0.440 e. The quantitative estimate of drug-likeness (QED) is 0.934. The highest BCUT2D eigenvalue weighted by molar-refractivity contribution is 6.29. The van der Waals surface area contributed by atoms with E-state index in [2.05, 4.69) is 5.32 Å². The molecule has 0 aliphatic carbocycles. The number of aryl methyl sites for hydroxylation is 1. The normalized spacial score (nSPS) is 10.5. The first-order valence-corrected chi connectivity index (χ1v) is 6.22. The number of hydrogen-bond acceptors (Lipinski definition) is 2. The van der Waals surface area contributed by atoms with Crippen molar-refractivity contribution < 1.29 is 13.6 Å². The summed E-state index contributed by atoms with van der Waals surface area (Å²) < 4.78 is 17.9. The molecule has 0 fully saturated rings. The fourth-order valence-electron chi connectivity index (χ4n) is 1.77. The number of benzene rings is 1. The van der Waals surface area contributed by atoms with Gasteiger partial charge in [-0.25, -0.2) is 4.39 Å². The van der Waals surface area contributed by atoms with E-state index in [1.165, 1.54) is 24.3 Å².